The van der Waals surface area contributed by atoms with Crippen molar-refractivity contribution >= 4 is 23.5 Å². The van der Waals surface area contributed by atoms with Gasteiger partial charge in [-0.3, -0.25) is 0 Å². The number of para-hydroxylation sites is 1. The lowest BCUT2D eigenvalue weighted by atomic mass is 10.2. The second-order valence-electron chi connectivity index (χ2n) is 5.07. The molecule has 1 aliphatic rings. The van der Waals surface area contributed by atoms with E-state index in [9.17, 15) is 4.79 Å². The molecule has 1 aromatic rings. The van der Waals surface area contributed by atoms with Gasteiger partial charge >= 0.3 is 6.03 Å². The fraction of sp³-hybridized carbons (Fsp3) is 0.562. The van der Waals surface area contributed by atoms with Crippen molar-refractivity contribution in [1.29, 1.82) is 0 Å². The van der Waals surface area contributed by atoms with Crippen LogP contribution in [0.2, 0.25) is 0 Å². The Hall–Kier alpha value is -1.20. The van der Waals surface area contributed by atoms with Gasteiger partial charge in [-0.2, -0.15) is 11.8 Å². The zero-order valence-corrected chi connectivity index (χ0v) is 13.6. The fourth-order valence-corrected chi connectivity index (χ4v) is 3.51. The monoisotopic (exact) mass is 308 g/mol. The molecule has 0 aromatic heterocycles. The third-order valence-corrected chi connectivity index (χ3v) is 4.97. The van der Waals surface area contributed by atoms with Gasteiger partial charge in [0.2, 0.25) is 0 Å². The minimum Gasteiger partial charge on any atom is -0.377 e. The van der Waals surface area contributed by atoms with Crippen LogP contribution in [0.4, 0.5) is 10.5 Å². The number of ether oxygens (including phenoxy) is 1. The van der Waals surface area contributed by atoms with Crippen LogP contribution >= 0.6 is 11.8 Å². The number of nitrogens with zero attached hydrogens (tertiary/aromatic N) is 1. The molecule has 2 amide bonds. The van der Waals surface area contributed by atoms with Crippen LogP contribution in [-0.2, 0) is 11.3 Å². The standard InChI is InChI=1S/C16H24N2O2S/c1-3-14-11-18(9-10-21-14)16(19)17-15-8-6-5-7-13(15)12-20-4-2/h5-8,14H,3-4,9-12H2,1-2H3,(H,17,19)/t14-/m1/s1. The van der Waals surface area contributed by atoms with E-state index in [0.29, 0.717) is 18.5 Å². The first-order valence-corrected chi connectivity index (χ1v) is 8.62. The van der Waals surface area contributed by atoms with E-state index in [0.717, 1.165) is 36.5 Å². The van der Waals surface area contributed by atoms with Crippen molar-refractivity contribution in [2.75, 3.05) is 30.8 Å². The van der Waals surface area contributed by atoms with Gasteiger partial charge < -0.3 is 15.0 Å². The van der Waals surface area contributed by atoms with Gasteiger partial charge in [-0.1, -0.05) is 25.1 Å². The first kappa shape index (κ1) is 16.2. The molecule has 1 N–H and O–H groups in total. The van der Waals surface area contributed by atoms with Gasteiger partial charge in [-0.15, -0.1) is 0 Å². The fourth-order valence-electron chi connectivity index (χ4n) is 2.33. The second-order valence-corrected chi connectivity index (χ2v) is 6.48. The molecule has 1 atom stereocenters. The van der Waals surface area contributed by atoms with Crippen LogP contribution in [0.25, 0.3) is 0 Å². The Balaban J connectivity index is 1.98. The highest BCUT2D eigenvalue weighted by Crippen LogP contribution is 2.22. The van der Waals surface area contributed by atoms with Gasteiger partial charge in [0.1, 0.15) is 0 Å². The number of rotatable bonds is 5. The Labute approximate surface area is 131 Å². The number of thioether (sulfide) groups is 1. The van der Waals surface area contributed by atoms with Gasteiger partial charge in [-0.25, -0.2) is 4.79 Å². The van der Waals surface area contributed by atoms with Crippen LogP contribution in [0.5, 0.6) is 0 Å². The number of amides is 2. The Morgan fingerprint density at radius 1 is 1.43 bits per heavy atom. The number of anilines is 1. The average Bonchev–Trinajstić information content (AvgIpc) is 2.54. The number of hydrogen-bond donors (Lipinski definition) is 1. The lowest BCUT2D eigenvalue weighted by Crippen LogP contribution is -2.44. The molecule has 0 saturated carbocycles. The van der Waals surface area contributed by atoms with Crippen LogP contribution in [0.3, 0.4) is 0 Å². The largest absolute Gasteiger partial charge is 0.377 e. The second kappa shape index (κ2) is 8.29. The molecule has 0 radical (unpaired) electrons. The Morgan fingerprint density at radius 2 is 2.24 bits per heavy atom. The SMILES string of the molecule is CCOCc1ccccc1NC(=O)N1CCS[C@H](CC)C1. The quantitative estimate of drug-likeness (QED) is 0.904. The predicted octanol–water partition coefficient (Wildman–Crippen LogP) is 3.58. The van der Waals surface area contributed by atoms with E-state index in [4.69, 9.17) is 4.74 Å². The number of benzene rings is 1. The van der Waals surface area contributed by atoms with E-state index in [1.165, 1.54) is 0 Å². The third kappa shape index (κ3) is 4.64. The highest BCUT2D eigenvalue weighted by atomic mass is 32.2. The summed E-state index contributed by atoms with van der Waals surface area (Å²) < 4.78 is 5.45. The van der Waals surface area contributed by atoms with Crippen LogP contribution in [0.15, 0.2) is 24.3 Å². The van der Waals surface area contributed by atoms with Crippen molar-refractivity contribution in [1.82, 2.24) is 4.90 Å². The zero-order chi connectivity index (χ0) is 15.1. The number of carbonyl (C=O) groups excluding carboxylic acids is 1. The van der Waals surface area contributed by atoms with Gasteiger partial charge in [0.15, 0.2) is 0 Å². The molecule has 1 aromatic carbocycles. The highest BCUT2D eigenvalue weighted by Gasteiger charge is 2.23. The summed E-state index contributed by atoms with van der Waals surface area (Å²) in [5.41, 5.74) is 1.87. The lowest BCUT2D eigenvalue weighted by molar-refractivity contribution is 0.134. The van der Waals surface area contributed by atoms with E-state index in [-0.39, 0.29) is 6.03 Å². The molecule has 21 heavy (non-hydrogen) atoms. The first-order valence-electron chi connectivity index (χ1n) is 7.57. The van der Waals surface area contributed by atoms with Crippen molar-refractivity contribution in [3.05, 3.63) is 29.8 Å². The Bertz CT molecular complexity index is 467. The van der Waals surface area contributed by atoms with E-state index in [1.54, 1.807) is 0 Å². The van der Waals surface area contributed by atoms with Crippen LogP contribution < -0.4 is 5.32 Å². The Morgan fingerprint density at radius 3 is 3.00 bits per heavy atom. The molecule has 1 fully saturated rings. The van der Waals surface area contributed by atoms with E-state index < -0.39 is 0 Å². The van der Waals surface area contributed by atoms with Crippen molar-refractivity contribution in [3.8, 4) is 0 Å². The highest BCUT2D eigenvalue weighted by molar-refractivity contribution is 8.00. The molecule has 5 heteroatoms. The maximum absolute atomic E-state index is 12.4. The molecule has 116 valence electrons. The summed E-state index contributed by atoms with van der Waals surface area (Å²) in [5, 5.41) is 3.59. The summed E-state index contributed by atoms with van der Waals surface area (Å²) in [4.78, 5) is 14.3. The topological polar surface area (TPSA) is 41.6 Å². The minimum atomic E-state index is -0.00213. The molecule has 1 saturated heterocycles. The van der Waals surface area contributed by atoms with Gasteiger partial charge in [0.25, 0.3) is 0 Å². The van der Waals surface area contributed by atoms with E-state index in [2.05, 4.69) is 12.2 Å². The van der Waals surface area contributed by atoms with Crippen molar-refractivity contribution in [2.24, 2.45) is 0 Å². The molecule has 0 bridgehead atoms. The summed E-state index contributed by atoms with van der Waals surface area (Å²) in [7, 11) is 0. The van der Waals surface area contributed by atoms with Crippen LogP contribution in [-0.4, -0.2) is 41.6 Å². The van der Waals surface area contributed by atoms with Crippen LogP contribution in [0, 0.1) is 0 Å². The number of carbonyl (C=O) groups is 1. The number of nitrogens with one attached hydrogen (secondary N) is 1. The average molecular weight is 308 g/mol. The lowest BCUT2D eigenvalue weighted by Gasteiger charge is -2.32. The maximum Gasteiger partial charge on any atom is 0.321 e. The third-order valence-electron chi connectivity index (χ3n) is 3.60. The number of urea groups is 1. The van der Waals surface area contributed by atoms with E-state index >= 15 is 0 Å². The first-order chi connectivity index (χ1) is 10.2. The summed E-state index contributed by atoms with van der Waals surface area (Å²) >= 11 is 1.96. The summed E-state index contributed by atoms with van der Waals surface area (Å²) in [6, 6.07) is 7.83. The normalized spacial score (nSPS) is 18.6. The Kier molecular flexibility index (Phi) is 6.39. The summed E-state index contributed by atoms with van der Waals surface area (Å²) in [6.07, 6.45) is 1.11. The van der Waals surface area contributed by atoms with Gasteiger partial charge in [-0.05, 0) is 19.4 Å². The van der Waals surface area contributed by atoms with Crippen molar-refractivity contribution in [2.45, 2.75) is 32.1 Å². The summed E-state index contributed by atoms with van der Waals surface area (Å²) in [5.74, 6) is 1.02. The predicted molar refractivity (Wildman–Crippen MR) is 88.9 cm³/mol. The van der Waals surface area contributed by atoms with Gasteiger partial charge in [0, 0.05) is 42.0 Å². The van der Waals surface area contributed by atoms with Gasteiger partial charge in [0.05, 0.1) is 6.61 Å². The molecule has 0 spiro atoms. The van der Waals surface area contributed by atoms with Crippen LogP contribution in [0.1, 0.15) is 25.8 Å². The minimum absolute atomic E-state index is 0.00213. The summed E-state index contributed by atoms with van der Waals surface area (Å²) in [6.45, 7) is 7.00. The zero-order valence-electron chi connectivity index (χ0n) is 12.8. The molecular weight excluding hydrogens is 284 g/mol. The molecule has 1 aliphatic heterocycles. The molecule has 0 unspecified atom stereocenters. The molecule has 4 nitrogen and oxygen atoms in total. The molecule has 0 aliphatic carbocycles. The van der Waals surface area contributed by atoms with E-state index in [1.807, 2.05) is 47.9 Å². The molecule has 1 heterocycles. The smallest absolute Gasteiger partial charge is 0.321 e. The molecule has 2 rings (SSSR count). The molecular formula is C16H24N2O2S. The van der Waals surface area contributed by atoms with Crippen molar-refractivity contribution in [3.63, 3.8) is 0 Å². The number of hydrogen-bond acceptors (Lipinski definition) is 3. The van der Waals surface area contributed by atoms with Crippen molar-refractivity contribution < 1.29 is 9.53 Å². The maximum atomic E-state index is 12.4.